The lowest BCUT2D eigenvalue weighted by Crippen LogP contribution is -2.07. The number of halogens is 2. The Kier molecular flexibility index (Phi) is 5.60. The minimum absolute atomic E-state index is 0.0312. The second kappa shape index (κ2) is 8.26. The number of aromatic nitrogens is 3. The van der Waals surface area contributed by atoms with Crippen molar-refractivity contribution in [3.8, 4) is 11.5 Å². The van der Waals surface area contributed by atoms with Gasteiger partial charge in [0.1, 0.15) is 17.3 Å². The Morgan fingerprint density at radius 3 is 2.44 bits per heavy atom. The zero-order chi connectivity index (χ0) is 19.2. The molecule has 0 aliphatic heterocycles. The van der Waals surface area contributed by atoms with Gasteiger partial charge in [-0.05, 0) is 29.8 Å². The number of hydrogen-bond acceptors (Lipinski definition) is 7. The summed E-state index contributed by atoms with van der Waals surface area (Å²) in [5.41, 5.74) is 0.581. The largest absolute Gasteiger partial charge is 0.493 e. The van der Waals surface area contributed by atoms with Crippen LogP contribution in [0.2, 0.25) is 0 Å². The van der Waals surface area contributed by atoms with Gasteiger partial charge in [-0.1, -0.05) is 12.1 Å². The summed E-state index contributed by atoms with van der Waals surface area (Å²) in [6.45, 7) is 0.423. The van der Waals surface area contributed by atoms with Gasteiger partial charge in [0.05, 0.1) is 20.4 Å². The number of anilines is 3. The molecule has 27 heavy (non-hydrogen) atoms. The fraction of sp³-hybridized carbons (Fsp3) is 0.167. The molecule has 9 heteroatoms. The number of methoxy groups -OCH3 is 2. The third-order valence-electron chi connectivity index (χ3n) is 3.68. The Balaban J connectivity index is 1.71. The van der Waals surface area contributed by atoms with Gasteiger partial charge in [0.2, 0.25) is 5.95 Å². The average molecular weight is 373 g/mol. The monoisotopic (exact) mass is 373 g/mol. The standard InChI is InChI=1S/C18H17F2N5O2/c1-26-14-7-6-11(8-15(14)27-2)9-21-16-10-22-25-18(23-16)24-17-12(19)4-3-5-13(17)20/h3-8,10H,9H2,1-2H3,(H2,21,23,24,25). The van der Waals surface area contributed by atoms with E-state index >= 15 is 0 Å². The summed E-state index contributed by atoms with van der Waals surface area (Å²) >= 11 is 0. The Morgan fingerprint density at radius 1 is 1.00 bits per heavy atom. The highest BCUT2D eigenvalue weighted by atomic mass is 19.1. The molecular formula is C18H17F2N5O2. The molecule has 7 nitrogen and oxygen atoms in total. The van der Waals surface area contributed by atoms with Crippen molar-refractivity contribution in [1.82, 2.24) is 15.2 Å². The first-order valence-corrected chi connectivity index (χ1v) is 7.96. The van der Waals surface area contributed by atoms with Crippen LogP contribution in [0.5, 0.6) is 11.5 Å². The van der Waals surface area contributed by atoms with E-state index in [1.54, 1.807) is 20.3 Å². The molecule has 0 atom stereocenters. The molecule has 1 aromatic heterocycles. The van der Waals surface area contributed by atoms with Crippen molar-refractivity contribution >= 4 is 17.5 Å². The van der Waals surface area contributed by atoms with Crippen LogP contribution in [0.4, 0.5) is 26.2 Å². The maximum absolute atomic E-state index is 13.7. The van der Waals surface area contributed by atoms with E-state index in [2.05, 4.69) is 25.8 Å². The van der Waals surface area contributed by atoms with Crippen molar-refractivity contribution in [3.63, 3.8) is 0 Å². The van der Waals surface area contributed by atoms with Crippen molar-refractivity contribution in [1.29, 1.82) is 0 Å². The number of nitrogens with zero attached hydrogens (tertiary/aromatic N) is 3. The van der Waals surface area contributed by atoms with Crippen molar-refractivity contribution in [3.05, 3.63) is 59.8 Å². The third kappa shape index (κ3) is 4.38. The minimum atomic E-state index is -0.748. The fourth-order valence-electron chi connectivity index (χ4n) is 2.35. The zero-order valence-electron chi connectivity index (χ0n) is 14.7. The van der Waals surface area contributed by atoms with Gasteiger partial charge in [-0.15, -0.1) is 5.10 Å². The molecule has 3 rings (SSSR count). The van der Waals surface area contributed by atoms with Crippen molar-refractivity contribution in [2.24, 2.45) is 0 Å². The Hall–Kier alpha value is -3.49. The molecule has 0 saturated heterocycles. The van der Waals surface area contributed by atoms with Gasteiger partial charge in [-0.2, -0.15) is 10.1 Å². The van der Waals surface area contributed by atoms with E-state index in [1.807, 2.05) is 12.1 Å². The van der Waals surface area contributed by atoms with Gasteiger partial charge in [0.15, 0.2) is 17.3 Å². The molecule has 2 N–H and O–H groups in total. The van der Waals surface area contributed by atoms with Crippen LogP contribution in [0.3, 0.4) is 0 Å². The molecule has 0 saturated carbocycles. The molecule has 0 bridgehead atoms. The normalized spacial score (nSPS) is 10.4. The molecule has 1 heterocycles. The van der Waals surface area contributed by atoms with Crippen LogP contribution >= 0.6 is 0 Å². The van der Waals surface area contributed by atoms with Crippen LogP contribution in [-0.2, 0) is 6.54 Å². The fourth-order valence-corrected chi connectivity index (χ4v) is 2.35. The average Bonchev–Trinajstić information content (AvgIpc) is 2.69. The van der Waals surface area contributed by atoms with E-state index in [4.69, 9.17) is 9.47 Å². The van der Waals surface area contributed by atoms with Crippen molar-refractivity contribution in [2.75, 3.05) is 24.9 Å². The maximum atomic E-state index is 13.7. The third-order valence-corrected chi connectivity index (χ3v) is 3.68. The number of para-hydroxylation sites is 1. The lowest BCUT2D eigenvalue weighted by atomic mass is 10.2. The Bertz CT molecular complexity index is 919. The zero-order valence-corrected chi connectivity index (χ0v) is 14.7. The summed E-state index contributed by atoms with van der Waals surface area (Å²) in [5.74, 6) is 0.0956. The minimum Gasteiger partial charge on any atom is -0.493 e. The first-order chi connectivity index (χ1) is 13.1. The smallest absolute Gasteiger partial charge is 0.249 e. The molecule has 140 valence electrons. The molecule has 0 radical (unpaired) electrons. The van der Waals surface area contributed by atoms with E-state index in [9.17, 15) is 8.78 Å². The first kappa shape index (κ1) is 18.3. The van der Waals surface area contributed by atoms with Crippen LogP contribution in [0.15, 0.2) is 42.6 Å². The van der Waals surface area contributed by atoms with Crippen LogP contribution in [0.1, 0.15) is 5.56 Å². The summed E-state index contributed by atoms with van der Waals surface area (Å²) in [4.78, 5) is 4.16. The first-order valence-electron chi connectivity index (χ1n) is 7.96. The quantitative estimate of drug-likeness (QED) is 0.656. The Morgan fingerprint density at radius 2 is 1.74 bits per heavy atom. The van der Waals surface area contributed by atoms with Crippen LogP contribution < -0.4 is 20.1 Å². The molecule has 0 spiro atoms. The van der Waals surface area contributed by atoms with Gasteiger partial charge >= 0.3 is 0 Å². The van der Waals surface area contributed by atoms with E-state index in [0.717, 1.165) is 17.7 Å². The molecule has 2 aromatic carbocycles. The van der Waals surface area contributed by atoms with Gasteiger partial charge < -0.3 is 20.1 Å². The van der Waals surface area contributed by atoms with Crippen LogP contribution in [0.25, 0.3) is 0 Å². The lowest BCUT2D eigenvalue weighted by molar-refractivity contribution is 0.354. The maximum Gasteiger partial charge on any atom is 0.249 e. The summed E-state index contributed by atoms with van der Waals surface area (Å²) < 4.78 is 37.9. The van der Waals surface area contributed by atoms with Crippen LogP contribution in [0, 0.1) is 11.6 Å². The van der Waals surface area contributed by atoms with E-state index in [-0.39, 0.29) is 11.6 Å². The molecule has 0 unspecified atom stereocenters. The van der Waals surface area contributed by atoms with Crippen molar-refractivity contribution in [2.45, 2.75) is 6.54 Å². The van der Waals surface area contributed by atoms with Crippen molar-refractivity contribution < 1.29 is 18.3 Å². The number of rotatable bonds is 7. The summed E-state index contributed by atoms with van der Waals surface area (Å²) in [7, 11) is 3.12. The lowest BCUT2D eigenvalue weighted by Gasteiger charge is -2.11. The molecule has 0 aliphatic rings. The predicted octanol–water partition coefficient (Wildman–Crippen LogP) is 3.52. The van der Waals surface area contributed by atoms with E-state index in [1.165, 1.54) is 12.3 Å². The predicted molar refractivity (Wildman–Crippen MR) is 96.3 cm³/mol. The number of ether oxygens (including phenoxy) is 2. The van der Waals surface area contributed by atoms with Gasteiger partial charge in [0, 0.05) is 6.54 Å². The molecular weight excluding hydrogens is 356 g/mol. The molecule has 0 aliphatic carbocycles. The van der Waals surface area contributed by atoms with Gasteiger partial charge in [0.25, 0.3) is 0 Å². The number of hydrogen-bond donors (Lipinski definition) is 2. The SMILES string of the molecule is COc1ccc(CNc2cnnc(Nc3c(F)cccc3F)n2)cc1OC. The molecule has 3 aromatic rings. The highest BCUT2D eigenvalue weighted by molar-refractivity contribution is 5.55. The molecule has 0 amide bonds. The van der Waals surface area contributed by atoms with Gasteiger partial charge in [-0.3, -0.25) is 0 Å². The highest BCUT2D eigenvalue weighted by Gasteiger charge is 2.11. The summed E-state index contributed by atoms with van der Waals surface area (Å²) in [5, 5.41) is 13.1. The topological polar surface area (TPSA) is 81.2 Å². The van der Waals surface area contributed by atoms with Gasteiger partial charge in [-0.25, -0.2) is 8.78 Å². The second-order valence-electron chi connectivity index (χ2n) is 5.43. The highest BCUT2D eigenvalue weighted by Crippen LogP contribution is 2.28. The second-order valence-corrected chi connectivity index (χ2v) is 5.43. The number of nitrogens with one attached hydrogen (secondary N) is 2. The molecule has 0 fully saturated rings. The summed E-state index contributed by atoms with van der Waals surface area (Å²) in [6, 6.07) is 9.04. The van der Waals surface area contributed by atoms with E-state index < -0.39 is 11.6 Å². The summed E-state index contributed by atoms with van der Waals surface area (Å²) in [6.07, 6.45) is 1.41. The Labute approximate surface area is 154 Å². The number of benzene rings is 2. The van der Waals surface area contributed by atoms with Crippen LogP contribution in [-0.4, -0.2) is 29.4 Å². The van der Waals surface area contributed by atoms with E-state index in [0.29, 0.717) is 23.9 Å².